The third-order valence-electron chi connectivity index (χ3n) is 3.53. The van der Waals surface area contributed by atoms with Crippen LogP contribution in [-0.2, 0) is 11.2 Å². The molecule has 0 aliphatic rings. The van der Waals surface area contributed by atoms with Crippen LogP contribution in [0.15, 0.2) is 47.1 Å². The number of nitrogens with zero attached hydrogens (tertiary/aromatic N) is 2. The number of rotatable bonds is 7. The Bertz CT molecular complexity index is 668. The van der Waals surface area contributed by atoms with Gasteiger partial charge in [0.1, 0.15) is 5.76 Å². The molecule has 1 unspecified atom stereocenters. The van der Waals surface area contributed by atoms with Gasteiger partial charge in [-0.25, -0.2) is 0 Å². The van der Waals surface area contributed by atoms with Crippen molar-refractivity contribution in [2.75, 3.05) is 20.6 Å². The largest absolute Gasteiger partial charge is 0.468 e. The quantitative estimate of drug-likeness (QED) is 0.624. The van der Waals surface area contributed by atoms with Gasteiger partial charge in [0, 0.05) is 18.2 Å². The number of nitrogens with one attached hydrogen (secondary N) is 1. The van der Waals surface area contributed by atoms with Crippen molar-refractivity contribution in [1.29, 1.82) is 0 Å². The first-order valence-corrected chi connectivity index (χ1v) is 7.18. The molecule has 0 spiro atoms. The Kier molecular flexibility index (Phi) is 5.48. The van der Waals surface area contributed by atoms with E-state index >= 15 is 0 Å². The van der Waals surface area contributed by atoms with Gasteiger partial charge in [0.25, 0.3) is 5.69 Å². The number of nitro benzene ring substituents is 1. The molecule has 1 aromatic carbocycles. The minimum atomic E-state index is -0.478. The van der Waals surface area contributed by atoms with Gasteiger partial charge < -0.3 is 9.73 Å². The molecule has 1 amide bonds. The summed E-state index contributed by atoms with van der Waals surface area (Å²) in [6.07, 6.45) is 1.55. The third kappa shape index (κ3) is 4.40. The fraction of sp³-hybridized carbons (Fsp3) is 0.312. The Balaban J connectivity index is 1.99. The first-order valence-electron chi connectivity index (χ1n) is 7.18. The molecule has 2 aromatic rings. The highest BCUT2D eigenvalue weighted by Crippen LogP contribution is 2.19. The molecule has 0 aliphatic heterocycles. The molecule has 7 heteroatoms. The van der Waals surface area contributed by atoms with Gasteiger partial charge in [-0.05, 0) is 26.2 Å². The van der Waals surface area contributed by atoms with Crippen LogP contribution in [0.4, 0.5) is 5.69 Å². The van der Waals surface area contributed by atoms with E-state index in [9.17, 15) is 14.9 Å². The highest BCUT2D eigenvalue weighted by atomic mass is 16.6. The van der Waals surface area contributed by atoms with E-state index in [1.807, 2.05) is 25.1 Å². The van der Waals surface area contributed by atoms with Gasteiger partial charge in [0.05, 0.1) is 23.6 Å². The van der Waals surface area contributed by atoms with Gasteiger partial charge >= 0.3 is 0 Å². The van der Waals surface area contributed by atoms with Gasteiger partial charge in [-0.2, -0.15) is 0 Å². The maximum absolute atomic E-state index is 12.1. The summed E-state index contributed by atoms with van der Waals surface area (Å²) >= 11 is 0. The number of likely N-dealkylation sites (N-methyl/N-ethyl adjacent to an activating group) is 1. The maximum Gasteiger partial charge on any atom is 0.273 e. The lowest BCUT2D eigenvalue weighted by atomic mass is 10.1. The zero-order valence-corrected chi connectivity index (χ0v) is 13.1. The van der Waals surface area contributed by atoms with E-state index in [1.165, 1.54) is 6.07 Å². The van der Waals surface area contributed by atoms with Crippen LogP contribution in [0.1, 0.15) is 17.4 Å². The molecule has 2 rings (SSSR count). The Morgan fingerprint density at radius 3 is 2.65 bits per heavy atom. The van der Waals surface area contributed by atoms with Gasteiger partial charge in [-0.15, -0.1) is 0 Å². The lowest BCUT2D eigenvalue weighted by Crippen LogP contribution is -2.35. The van der Waals surface area contributed by atoms with Crippen LogP contribution < -0.4 is 5.32 Å². The Labute approximate surface area is 134 Å². The summed E-state index contributed by atoms with van der Waals surface area (Å²) in [7, 11) is 3.78. The molecule has 1 atom stereocenters. The summed E-state index contributed by atoms with van der Waals surface area (Å²) in [6.45, 7) is 0.361. The summed E-state index contributed by atoms with van der Waals surface area (Å²) in [6, 6.07) is 9.79. The lowest BCUT2D eigenvalue weighted by molar-refractivity contribution is -0.385. The van der Waals surface area contributed by atoms with E-state index < -0.39 is 4.92 Å². The number of carbonyl (C=O) groups is 1. The van der Waals surface area contributed by atoms with E-state index in [4.69, 9.17) is 4.42 Å². The molecule has 0 aliphatic carbocycles. The van der Waals surface area contributed by atoms with Gasteiger partial charge in [-0.3, -0.25) is 19.8 Å². The molecule has 23 heavy (non-hydrogen) atoms. The Morgan fingerprint density at radius 2 is 2.04 bits per heavy atom. The predicted octanol–water partition coefficient (Wildman–Crippen LogP) is 2.15. The minimum absolute atomic E-state index is 0.0323. The standard InChI is InChI=1S/C16H19N3O4/c1-18(2)14(15-8-5-9-23-15)11-17-16(20)10-12-6-3-4-7-13(12)19(21)22/h3-9,14H,10-11H2,1-2H3,(H,17,20). The number of nitro groups is 1. The molecule has 1 heterocycles. The number of carbonyl (C=O) groups excluding carboxylic acids is 1. The van der Waals surface area contributed by atoms with E-state index in [-0.39, 0.29) is 24.1 Å². The SMILES string of the molecule is CN(C)C(CNC(=O)Cc1ccccc1[N+](=O)[O-])c1ccco1. The summed E-state index contributed by atoms with van der Waals surface area (Å²) in [5.74, 6) is 0.485. The molecular weight excluding hydrogens is 298 g/mol. The fourth-order valence-electron chi connectivity index (χ4n) is 2.30. The smallest absolute Gasteiger partial charge is 0.273 e. The zero-order chi connectivity index (χ0) is 16.8. The second-order valence-corrected chi connectivity index (χ2v) is 5.36. The maximum atomic E-state index is 12.1. The lowest BCUT2D eigenvalue weighted by Gasteiger charge is -2.22. The topological polar surface area (TPSA) is 88.6 Å². The molecular formula is C16H19N3O4. The molecule has 0 saturated heterocycles. The van der Waals surface area contributed by atoms with Crippen molar-refractivity contribution >= 4 is 11.6 Å². The van der Waals surface area contributed by atoms with Crippen molar-refractivity contribution < 1.29 is 14.1 Å². The average molecular weight is 317 g/mol. The van der Waals surface area contributed by atoms with E-state index in [0.29, 0.717) is 12.1 Å². The number of hydrogen-bond acceptors (Lipinski definition) is 5. The highest BCUT2D eigenvalue weighted by molar-refractivity contribution is 5.79. The number of hydrogen-bond donors (Lipinski definition) is 1. The van der Waals surface area contributed by atoms with Crippen molar-refractivity contribution in [2.45, 2.75) is 12.5 Å². The van der Waals surface area contributed by atoms with E-state index in [1.54, 1.807) is 30.5 Å². The van der Waals surface area contributed by atoms with Crippen LogP contribution in [0.5, 0.6) is 0 Å². The molecule has 122 valence electrons. The van der Waals surface area contributed by atoms with Crippen LogP contribution in [0.2, 0.25) is 0 Å². The summed E-state index contributed by atoms with van der Waals surface area (Å²) in [4.78, 5) is 24.5. The highest BCUT2D eigenvalue weighted by Gasteiger charge is 2.19. The minimum Gasteiger partial charge on any atom is -0.468 e. The van der Waals surface area contributed by atoms with Crippen molar-refractivity contribution in [3.05, 3.63) is 64.1 Å². The summed E-state index contributed by atoms with van der Waals surface area (Å²) < 4.78 is 5.38. The second kappa shape index (κ2) is 7.55. The number of amides is 1. The summed E-state index contributed by atoms with van der Waals surface area (Å²) in [5.41, 5.74) is 0.354. The average Bonchev–Trinajstić information content (AvgIpc) is 3.01. The first kappa shape index (κ1) is 16.7. The summed E-state index contributed by atoms with van der Waals surface area (Å²) in [5, 5.41) is 13.8. The third-order valence-corrected chi connectivity index (χ3v) is 3.53. The fourth-order valence-corrected chi connectivity index (χ4v) is 2.30. The predicted molar refractivity (Wildman–Crippen MR) is 84.9 cm³/mol. The molecule has 7 nitrogen and oxygen atoms in total. The molecule has 0 bridgehead atoms. The Morgan fingerprint density at radius 1 is 1.30 bits per heavy atom. The van der Waals surface area contributed by atoms with E-state index in [0.717, 1.165) is 5.76 Å². The monoisotopic (exact) mass is 317 g/mol. The normalized spacial score (nSPS) is 12.1. The van der Waals surface area contributed by atoms with Crippen molar-refractivity contribution in [3.63, 3.8) is 0 Å². The number of para-hydroxylation sites is 1. The van der Waals surface area contributed by atoms with Crippen LogP contribution in [0.25, 0.3) is 0 Å². The van der Waals surface area contributed by atoms with Crippen LogP contribution in [0.3, 0.4) is 0 Å². The van der Waals surface area contributed by atoms with Crippen LogP contribution >= 0.6 is 0 Å². The van der Waals surface area contributed by atoms with Crippen LogP contribution in [-0.4, -0.2) is 36.4 Å². The van der Waals surface area contributed by atoms with Crippen LogP contribution in [0, 0.1) is 10.1 Å². The van der Waals surface area contributed by atoms with Crippen molar-refractivity contribution in [1.82, 2.24) is 10.2 Å². The molecule has 0 radical (unpaired) electrons. The van der Waals surface area contributed by atoms with Gasteiger partial charge in [-0.1, -0.05) is 18.2 Å². The first-order chi connectivity index (χ1) is 11.0. The molecule has 0 fully saturated rings. The number of benzene rings is 1. The van der Waals surface area contributed by atoms with Gasteiger partial charge in [0.2, 0.25) is 5.91 Å². The van der Waals surface area contributed by atoms with Crippen molar-refractivity contribution in [2.24, 2.45) is 0 Å². The number of furan rings is 1. The van der Waals surface area contributed by atoms with Crippen molar-refractivity contribution in [3.8, 4) is 0 Å². The molecule has 1 N–H and O–H groups in total. The molecule has 0 saturated carbocycles. The Hall–Kier alpha value is -2.67. The zero-order valence-electron chi connectivity index (χ0n) is 13.1. The van der Waals surface area contributed by atoms with E-state index in [2.05, 4.69) is 5.32 Å². The molecule has 1 aromatic heterocycles. The van der Waals surface area contributed by atoms with Gasteiger partial charge in [0.15, 0.2) is 0 Å². The second-order valence-electron chi connectivity index (χ2n) is 5.36.